The van der Waals surface area contributed by atoms with Crippen molar-refractivity contribution in [2.24, 2.45) is 5.92 Å². The van der Waals surface area contributed by atoms with Crippen LogP contribution >= 0.6 is 0 Å². The maximum Gasteiger partial charge on any atom is 0.326 e. The molecule has 1 aromatic rings. The van der Waals surface area contributed by atoms with Gasteiger partial charge in [0, 0.05) is 6.20 Å². The van der Waals surface area contributed by atoms with Crippen molar-refractivity contribution in [2.45, 2.75) is 26.8 Å². The first kappa shape index (κ1) is 13.9. The van der Waals surface area contributed by atoms with Gasteiger partial charge in [0.25, 0.3) is 5.91 Å². The second-order valence-electron chi connectivity index (χ2n) is 4.26. The molecule has 1 aromatic heterocycles. The van der Waals surface area contributed by atoms with E-state index >= 15 is 0 Å². The summed E-state index contributed by atoms with van der Waals surface area (Å²) in [6.45, 7) is 5.04. The Morgan fingerprint density at radius 2 is 2.06 bits per heavy atom. The Kier molecular flexibility index (Phi) is 4.19. The molecule has 0 radical (unpaired) electrons. The van der Waals surface area contributed by atoms with E-state index in [0.717, 1.165) is 0 Å². The summed E-state index contributed by atoms with van der Waals surface area (Å²) < 4.78 is 0. The molecule has 0 aliphatic heterocycles. The van der Waals surface area contributed by atoms with Crippen molar-refractivity contribution in [1.82, 2.24) is 15.3 Å². The number of nitrogen functional groups attached to an aromatic ring is 1. The van der Waals surface area contributed by atoms with Crippen LogP contribution in [0.5, 0.6) is 0 Å². The Hall–Kier alpha value is -2.18. The summed E-state index contributed by atoms with van der Waals surface area (Å²) in [7, 11) is 0. The number of carboxylic acid groups (broad SMARTS) is 1. The minimum Gasteiger partial charge on any atom is -0.480 e. The highest BCUT2D eigenvalue weighted by Gasteiger charge is 2.24. The Labute approximate surface area is 104 Å². The lowest BCUT2D eigenvalue weighted by atomic mass is 10.0. The van der Waals surface area contributed by atoms with Gasteiger partial charge in [-0.2, -0.15) is 0 Å². The Bertz CT molecular complexity index is 473. The van der Waals surface area contributed by atoms with Gasteiger partial charge in [0.1, 0.15) is 6.04 Å². The maximum atomic E-state index is 11.9. The standard InChI is InChI=1S/C11H16N4O3/c1-5(2)8(10(17)18)15-9(16)7-4-13-11(12)14-6(7)3/h4-5,8H,1-3H3,(H,15,16)(H,17,18)(H2,12,13,14)/t8-/m0/s1. The quantitative estimate of drug-likeness (QED) is 0.704. The van der Waals surface area contributed by atoms with Gasteiger partial charge in [-0.15, -0.1) is 0 Å². The fraction of sp³-hybridized carbons (Fsp3) is 0.455. The molecule has 0 saturated heterocycles. The summed E-state index contributed by atoms with van der Waals surface area (Å²) in [4.78, 5) is 30.4. The number of hydrogen-bond acceptors (Lipinski definition) is 5. The van der Waals surface area contributed by atoms with Gasteiger partial charge in [-0.25, -0.2) is 14.8 Å². The number of nitrogens with two attached hydrogens (primary N) is 1. The first-order valence-electron chi connectivity index (χ1n) is 5.45. The first-order valence-corrected chi connectivity index (χ1v) is 5.45. The number of hydrogen-bond donors (Lipinski definition) is 3. The van der Waals surface area contributed by atoms with Crippen LogP contribution in [0, 0.1) is 12.8 Å². The molecular formula is C11H16N4O3. The second-order valence-corrected chi connectivity index (χ2v) is 4.26. The van der Waals surface area contributed by atoms with Gasteiger partial charge in [-0.3, -0.25) is 4.79 Å². The number of nitrogens with zero attached hydrogens (tertiary/aromatic N) is 2. The summed E-state index contributed by atoms with van der Waals surface area (Å²) >= 11 is 0. The number of aromatic nitrogens is 2. The average molecular weight is 252 g/mol. The van der Waals surface area contributed by atoms with E-state index in [1.54, 1.807) is 20.8 Å². The van der Waals surface area contributed by atoms with Crippen LogP contribution in [0.2, 0.25) is 0 Å². The van der Waals surface area contributed by atoms with Crippen LogP contribution in [-0.4, -0.2) is 33.0 Å². The smallest absolute Gasteiger partial charge is 0.326 e. The highest BCUT2D eigenvalue weighted by molar-refractivity contribution is 5.97. The van der Waals surface area contributed by atoms with E-state index in [-0.39, 0.29) is 17.4 Å². The normalized spacial score (nSPS) is 12.2. The van der Waals surface area contributed by atoms with Crippen LogP contribution in [0.3, 0.4) is 0 Å². The third kappa shape index (κ3) is 3.16. The van der Waals surface area contributed by atoms with Gasteiger partial charge in [0.2, 0.25) is 5.95 Å². The van der Waals surface area contributed by atoms with Gasteiger partial charge in [-0.1, -0.05) is 13.8 Å². The molecule has 0 bridgehead atoms. The van der Waals surface area contributed by atoms with Gasteiger partial charge < -0.3 is 16.2 Å². The molecule has 0 saturated carbocycles. The predicted octanol–water partition coefficient (Wildman–Crippen LogP) is 0.206. The number of amides is 1. The van der Waals surface area contributed by atoms with Crippen molar-refractivity contribution in [3.8, 4) is 0 Å². The van der Waals surface area contributed by atoms with E-state index in [0.29, 0.717) is 5.69 Å². The summed E-state index contributed by atoms with van der Waals surface area (Å²) in [5.41, 5.74) is 6.01. The zero-order valence-electron chi connectivity index (χ0n) is 10.5. The number of anilines is 1. The predicted molar refractivity (Wildman–Crippen MR) is 64.9 cm³/mol. The highest BCUT2D eigenvalue weighted by Crippen LogP contribution is 2.08. The lowest BCUT2D eigenvalue weighted by Crippen LogP contribution is -2.44. The van der Waals surface area contributed by atoms with E-state index in [2.05, 4.69) is 15.3 Å². The van der Waals surface area contributed by atoms with Crippen LogP contribution in [0.15, 0.2) is 6.20 Å². The van der Waals surface area contributed by atoms with Gasteiger partial charge in [0.15, 0.2) is 0 Å². The molecule has 1 amide bonds. The van der Waals surface area contributed by atoms with Crippen LogP contribution in [0.25, 0.3) is 0 Å². The molecule has 7 heteroatoms. The number of aliphatic carboxylic acids is 1. The Morgan fingerprint density at radius 3 is 2.50 bits per heavy atom. The second kappa shape index (κ2) is 5.44. The van der Waals surface area contributed by atoms with Crippen molar-refractivity contribution < 1.29 is 14.7 Å². The zero-order valence-corrected chi connectivity index (χ0v) is 10.5. The maximum absolute atomic E-state index is 11.9. The molecule has 4 N–H and O–H groups in total. The summed E-state index contributed by atoms with van der Waals surface area (Å²) in [6.07, 6.45) is 1.28. The fourth-order valence-electron chi connectivity index (χ4n) is 1.44. The molecule has 18 heavy (non-hydrogen) atoms. The van der Waals surface area contributed by atoms with Crippen LogP contribution in [0.1, 0.15) is 29.9 Å². The van der Waals surface area contributed by atoms with E-state index in [1.165, 1.54) is 6.20 Å². The van der Waals surface area contributed by atoms with Crippen molar-refractivity contribution in [2.75, 3.05) is 5.73 Å². The van der Waals surface area contributed by atoms with Crippen molar-refractivity contribution in [3.05, 3.63) is 17.5 Å². The molecule has 0 fully saturated rings. The summed E-state index contributed by atoms with van der Waals surface area (Å²) in [5.74, 6) is -1.75. The van der Waals surface area contributed by atoms with Gasteiger partial charge in [-0.05, 0) is 12.8 Å². The molecular weight excluding hydrogens is 236 g/mol. The molecule has 0 aliphatic carbocycles. The molecule has 0 aromatic carbocycles. The zero-order chi connectivity index (χ0) is 13.9. The van der Waals surface area contributed by atoms with E-state index < -0.39 is 17.9 Å². The number of carboxylic acids is 1. The number of carbonyl (C=O) groups excluding carboxylic acids is 1. The monoisotopic (exact) mass is 252 g/mol. The Balaban J connectivity index is 2.91. The van der Waals surface area contributed by atoms with Crippen LogP contribution in [-0.2, 0) is 4.79 Å². The lowest BCUT2D eigenvalue weighted by molar-refractivity contribution is -0.140. The fourth-order valence-corrected chi connectivity index (χ4v) is 1.44. The topological polar surface area (TPSA) is 118 Å². The average Bonchev–Trinajstić information content (AvgIpc) is 2.24. The third-order valence-corrected chi connectivity index (χ3v) is 2.46. The van der Waals surface area contributed by atoms with Gasteiger partial charge in [0.05, 0.1) is 11.3 Å². The minimum atomic E-state index is -1.08. The molecule has 1 rings (SSSR count). The Morgan fingerprint density at radius 1 is 1.44 bits per heavy atom. The molecule has 1 heterocycles. The number of rotatable bonds is 4. The van der Waals surface area contributed by atoms with E-state index in [4.69, 9.17) is 10.8 Å². The number of aryl methyl sites for hydroxylation is 1. The molecule has 7 nitrogen and oxygen atoms in total. The lowest BCUT2D eigenvalue weighted by Gasteiger charge is -2.18. The highest BCUT2D eigenvalue weighted by atomic mass is 16.4. The van der Waals surface area contributed by atoms with E-state index in [9.17, 15) is 9.59 Å². The number of carbonyl (C=O) groups is 2. The van der Waals surface area contributed by atoms with Crippen molar-refractivity contribution >= 4 is 17.8 Å². The van der Waals surface area contributed by atoms with Crippen molar-refractivity contribution in [3.63, 3.8) is 0 Å². The molecule has 98 valence electrons. The van der Waals surface area contributed by atoms with Crippen LogP contribution in [0.4, 0.5) is 5.95 Å². The largest absolute Gasteiger partial charge is 0.480 e. The van der Waals surface area contributed by atoms with E-state index in [1.807, 2.05) is 0 Å². The number of nitrogens with one attached hydrogen (secondary N) is 1. The first-order chi connectivity index (χ1) is 8.32. The minimum absolute atomic E-state index is 0.0719. The molecule has 0 spiro atoms. The summed E-state index contributed by atoms with van der Waals surface area (Å²) in [6, 6.07) is -0.950. The summed E-state index contributed by atoms with van der Waals surface area (Å²) in [5, 5.41) is 11.4. The van der Waals surface area contributed by atoms with Crippen molar-refractivity contribution in [1.29, 1.82) is 0 Å². The van der Waals surface area contributed by atoms with Gasteiger partial charge >= 0.3 is 5.97 Å². The SMILES string of the molecule is Cc1nc(N)ncc1C(=O)N[C@H](C(=O)O)C(C)C. The third-order valence-electron chi connectivity index (χ3n) is 2.46. The van der Waals surface area contributed by atoms with Crippen LogP contribution < -0.4 is 11.1 Å². The molecule has 1 atom stereocenters. The molecule has 0 aliphatic rings. The molecule has 0 unspecified atom stereocenters.